The Morgan fingerprint density at radius 2 is 2.00 bits per heavy atom. The van der Waals surface area contributed by atoms with Gasteiger partial charge in [0.1, 0.15) is 0 Å². The number of nitrogens with one attached hydrogen (secondary N) is 1. The summed E-state index contributed by atoms with van der Waals surface area (Å²) in [6.07, 6.45) is 4.71. The monoisotopic (exact) mass is 296 g/mol. The minimum atomic E-state index is -3.09. The Kier molecular flexibility index (Phi) is 10.2. The number of hydrogen-bond donors (Lipinski definition) is 1. The van der Waals surface area contributed by atoms with Crippen molar-refractivity contribution < 1.29 is 8.42 Å². The van der Waals surface area contributed by atoms with E-state index >= 15 is 0 Å². The molecule has 6 heteroatoms. The highest BCUT2D eigenvalue weighted by Crippen LogP contribution is 2.11. The molecule has 4 nitrogen and oxygen atoms in total. The minimum Gasteiger partial charge on any atom is -0.317 e. The summed E-state index contributed by atoms with van der Waals surface area (Å²) in [5.41, 5.74) is 0. The largest absolute Gasteiger partial charge is 0.317 e. The van der Waals surface area contributed by atoms with E-state index in [1.54, 1.807) is 18.8 Å². The molecule has 0 aliphatic rings. The van der Waals surface area contributed by atoms with Gasteiger partial charge in [-0.05, 0) is 51.3 Å². The van der Waals surface area contributed by atoms with Gasteiger partial charge in [-0.1, -0.05) is 6.92 Å². The first-order valence-electron chi connectivity index (χ1n) is 6.61. The van der Waals surface area contributed by atoms with E-state index in [2.05, 4.69) is 12.2 Å². The Bertz CT molecular complexity index is 294. The normalized spacial score (nSPS) is 14.1. The van der Waals surface area contributed by atoms with Gasteiger partial charge in [0.15, 0.2) is 0 Å². The van der Waals surface area contributed by atoms with Crippen molar-refractivity contribution in [2.45, 2.75) is 39.2 Å². The van der Waals surface area contributed by atoms with E-state index in [4.69, 9.17) is 0 Å². The van der Waals surface area contributed by atoms with Gasteiger partial charge in [0.05, 0.1) is 5.75 Å². The highest BCUT2D eigenvalue weighted by atomic mass is 32.2. The predicted octanol–water partition coefficient (Wildman–Crippen LogP) is 1.78. The molecule has 1 atom stereocenters. The lowest BCUT2D eigenvalue weighted by Gasteiger charge is -2.24. The Balaban J connectivity index is 4.02. The summed E-state index contributed by atoms with van der Waals surface area (Å²) in [5, 5.41) is 3.22. The van der Waals surface area contributed by atoms with E-state index in [0.717, 1.165) is 31.7 Å². The second kappa shape index (κ2) is 10.1. The zero-order chi connectivity index (χ0) is 14.0. The van der Waals surface area contributed by atoms with Crippen molar-refractivity contribution in [1.29, 1.82) is 0 Å². The highest BCUT2D eigenvalue weighted by molar-refractivity contribution is 7.98. The van der Waals surface area contributed by atoms with Gasteiger partial charge in [-0.2, -0.15) is 11.8 Å². The third-order valence-electron chi connectivity index (χ3n) is 2.98. The Morgan fingerprint density at radius 3 is 2.56 bits per heavy atom. The number of thioether (sulfide) groups is 1. The summed E-state index contributed by atoms with van der Waals surface area (Å²) >= 11 is 1.75. The van der Waals surface area contributed by atoms with E-state index < -0.39 is 10.0 Å². The molecule has 0 aliphatic carbocycles. The zero-order valence-electron chi connectivity index (χ0n) is 12.1. The number of sulfonamides is 1. The van der Waals surface area contributed by atoms with Crippen LogP contribution < -0.4 is 5.32 Å². The van der Waals surface area contributed by atoms with Crippen LogP contribution in [-0.2, 0) is 10.0 Å². The first kappa shape index (κ1) is 18.2. The summed E-state index contributed by atoms with van der Waals surface area (Å²) in [7, 11) is -1.40. The molecule has 0 amide bonds. The average Bonchev–Trinajstić information content (AvgIpc) is 2.34. The number of hydrogen-bond acceptors (Lipinski definition) is 4. The second-order valence-electron chi connectivity index (χ2n) is 4.57. The highest BCUT2D eigenvalue weighted by Gasteiger charge is 2.22. The minimum absolute atomic E-state index is 0.0889. The van der Waals surface area contributed by atoms with Crippen LogP contribution in [0.5, 0.6) is 0 Å². The molecule has 0 rings (SSSR count). The van der Waals surface area contributed by atoms with Crippen LogP contribution in [0.15, 0.2) is 0 Å². The van der Waals surface area contributed by atoms with Crippen LogP contribution in [0, 0.1) is 0 Å². The summed E-state index contributed by atoms with van der Waals surface area (Å²) in [6.45, 7) is 5.81. The van der Waals surface area contributed by atoms with Crippen molar-refractivity contribution in [3.63, 3.8) is 0 Å². The fourth-order valence-corrected chi connectivity index (χ4v) is 3.60. The molecule has 0 saturated heterocycles. The van der Waals surface area contributed by atoms with Gasteiger partial charge in [0, 0.05) is 13.1 Å². The topological polar surface area (TPSA) is 49.4 Å². The maximum atomic E-state index is 12.1. The Morgan fingerprint density at radius 1 is 1.33 bits per heavy atom. The summed E-state index contributed by atoms with van der Waals surface area (Å²) in [4.78, 5) is 0. The molecule has 0 bridgehead atoms. The summed E-state index contributed by atoms with van der Waals surface area (Å²) in [6, 6.07) is 0.0889. The van der Waals surface area contributed by atoms with Gasteiger partial charge in [0.25, 0.3) is 0 Å². The van der Waals surface area contributed by atoms with Crippen LogP contribution in [-0.4, -0.2) is 56.7 Å². The lowest BCUT2D eigenvalue weighted by Crippen LogP contribution is -2.37. The molecule has 0 radical (unpaired) electrons. The van der Waals surface area contributed by atoms with Crippen molar-refractivity contribution >= 4 is 21.8 Å². The van der Waals surface area contributed by atoms with Crippen LogP contribution >= 0.6 is 11.8 Å². The molecule has 110 valence electrons. The third-order valence-corrected chi connectivity index (χ3v) is 5.67. The summed E-state index contributed by atoms with van der Waals surface area (Å²) in [5.74, 6) is 1.24. The number of rotatable bonds is 11. The van der Waals surface area contributed by atoms with Gasteiger partial charge in [-0.3, -0.25) is 0 Å². The molecular formula is C12H28N2O2S2. The van der Waals surface area contributed by atoms with Gasteiger partial charge in [-0.25, -0.2) is 12.7 Å². The zero-order valence-corrected chi connectivity index (χ0v) is 13.7. The molecule has 18 heavy (non-hydrogen) atoms. The Hall–Kier alpha value is 0.220. The molecule has 0 fully saturated rings. The molecule has 0 heterocycles. The molecular weight excluding hydrogens is 268 g/mol. The molecule has 0 aromatic carbocycles. The van der Waals surface area contributed by atoms with Crippen LogP contribution in [0.2, 0.25) is 0 Å². The maximum Gasteiger partial charge on any atom is 0.214 e. The molecule has 1 unspecified atom stereocenters. The quantitative estimate of drug-likeness (QED) is 0.591. The molecule has 1 N–H and O–H groups in total. The standard InChI is InChI=1S/C12H28N2O2S2/c1-5-8-13-9-6-11-18(15,16)14(3)12(2)7-10-17-4/h12-13H,5-11H2,1-4H3. The van der Waals surface area contributed by atoms with Gasteiger partial charge in [0.2, 0.25) is 10.0 Å². The lowest BCUT2D eigenvalue weighted by molar-refractivity contribution is 0.381. The molecule has 0 aliphatic heterocycles. The van der Waals surface area contributed by atoms with Crippen LogP contribution in [0.1, 0.15) is 33.1 Å². The van der Waals surface area contributed by atoms with Crippen LogP contribution in [0.25, 0.3) is 0 Å². The van der Waals surface area contributed by atoms with Gasteiger partial charge < -0.3 is 5.32 Å². The van der Waals surface area contributed by atoms with E-state index in [0.29, 0.717) is 6.42 Å². The average molecular weight is 297 g/mol. The van der Waals surface area contributed by atoms with Gasteiger partial charge >= 0.3 is 0 Å². The van der Waals surface area contributed by atoms with Gasteiger partial charge in [-0.15, -0.1) is 0 Å². The second-order valence-corrected chi connectivity index (χ2v) is 7.70. The molecule has 0 saturated carbocycles. The molecule has 0 spiro atoms. The Labute approximate surface area is 117 Å². The maximum absolute atomic E-state index is 12.1. The first-order chi connectivity index (χ1) is 8.45. The predicted molar refractivity (Wildman–Crippen MR) is 81.8 cm³/mol. The van der Waals surface area contributed by atoms with Crippen molar-refractivity contribution in [2.75, 3.05) is 37.9 Å². The van der Waals surface area contributed by atoms with Crippen LogP contribution in [0.4, 0.5) is 0 Å². The first-order valence-corrected chi connectivity index (χ1v) is 9.61. The van der Waals surface area contributed by atoms with E-state index in [1.807, 2.05) is 13.2 Å². The molecule has 0 aromatic rings. The fourth-order valence-electron chi connectivity index (χ4n) is 1.57. The molecule has 0 aromatic heterocycles. The number of nitrogens with zero attached hydrogens (tertiary/aromatic N) is 1. The van der Waals surface area contributed by atoms with E-state index in [-0.39, 0.29) is 11.8 Å². The third kappa shape index (κ3) is 7.61. The smallest absolute Gasteiger partial charge is 0.214 e. The SMILES string of the molecule is CCCNCCCS(=O)(=O)N(C)C(C)CCSC. The van der Waals surface area contributed by atoms with E-state index in [9.17, 15) is 8.42 Å². The van der Waals surface area contributed by atoms with Crippen molar-refractivity contribution in [3.8, 4) is 0 Å². The van der Waals surface area contributed by atoms with Crippen molar-refractivity contribution in [1.82, 2.24) is 9.62 Å². The van der Waals surface area contributed by atoms with Crippen molar-refractivity contribution in [3.05, 3.63) is 0 Å². The fraction of sp³-hybridized carbons (Fsp3) is 1.00. The van der Waals surface area contributed by atoms with Crippen molar-refractivity contribution in [2.24, 2.45) is 0 Å². The summed E-state index contributed by atoms with van der Waals surface area (Å²) < 4.78 is 25.6. The lowest BCUT2D eigenvalue weighted by atomic mass is 10.3. The van der Waals surface area contributed by atoms with Crippen LogP contribution in [0.3, 0.4) is 0 Å². The van der Waals surface area contributed by atoms with E-state index in [1.165, 1.54) is 4.31 Å².